The van der Waals surface area contributed by atoms with Crippen LogP contribution in [0.25, 0.3) is 0 Å². The van der Waals surface area contributed by atoms with Crippen molar-refractivity contribution in [1.29, 1.82) is 0 Å². The second kappa shape index (κ2) is 9.67. The predicted octanol–water partition coefficient (Wildman–Crippen LogP) is 4.75. The van der Waals surface area contributed by atoms with E-state index >= 15 is 0 Å². The maximum absolute atomic E-state index is 12.7. The van der Waals surface area contributed by atoms with Gasteiger partial charge in [-0.25, -0.2) is 9.59 Å². The third-order valence-corrected chi connectivity index (χ3v) is 4.92. The second-order valence-corrected chi connectivity index (χ2v) is 7.66. The molecule has 2 aromatic carbocycles. The lowest BCUT2D eigenvalue weighted by molar-refractivity contribution is -0.139. The molecule has 7 heteroatoms. The van der Waals surface area contributed by atoms with Gasteiger partial charge in [0.15, 0.2) is 0 Å². The number of allylic oxidation sites excluding steroid dienone is 1. The number of urea groups is 1. The van der Waals surface area contributed by atoms with Crippen molar-refractivity contribution in [2.45, 2.75) is 33.4 Å². The van der Waals surface area contributed by atoms with Crippen LogP contribution in [0.2, 0.25) is 5.02 Å². The van der Waals surface area contributed by atoms with Crippen LogP contribution in [0.5, 0.6) is 5.75 Å². The monoisotopic (exact) mass is 428 g/mol. The van der Waals surface area contributed by atoms with Crippen LogP contribution in [-0.2, 0) is 16.1 Å². The van der Waals surface area contributed by atoms with E-state index in [2.05, 4.69) is 10.6 Å². The third kappa shape index (κ3) is 5.13. The Kier molecular flexibility index (Phi) is 7.00. The molecule has 0 aromatic heterocycles. The maximum Gasteiger partial charge on any atom is 0.338 e. The van der Waals surface area contributed by atoms with Gasteiger partial charge in [0.1, 0.15) is 12.4 Å². The van der Waals surface area contributed by atoms with Crippen LogP contribution in [-0.4, -0.2) is 18.6 Å². The molecule has 0 radical (unpaired) electrons. The van der Waals surface area contributed by atoms with E-state index in [0.29, 0.717) is 28.6 Å². The zero-order valence-corrected chi connectivity index (χ0v) is 18.0. The van der Waals surface area contributed by atoms with Crippen LogP contribution in [0, 0.1) is 5.92 Å². The van der Waals surface area contributed by atoms with Crippen molar-refractivity contribution < 1.29 is 19.1 Å². The number of carbonyl (C=O) groups is 2. The molecular weight excluding hydrogens is 404 g/mol. The number of halogens is 1. The second-order valence-electron chi connectivity index (χ2n) is 7.22. The summed E-state index contributed by atoms with van der Waals surface area (Å²) in [6, 6.07) is 13.8. The fourth-order valence-corrected chi connectivity index (χ4v) is 3.49. The summed E-state index contributed by atoms with van der Waals surface area (Å²) in [5, 5.41) is 6.24. The van der Waals surface area contributed by atoms with E-state index < -0.39 is 12.0 Å². The van der Waals surface area contributed by atoms with Gasteiger partial charge in [-0.15, -0.1) is 0 Å². The predicted molar refractivity (Wildman–Crippen MR) is 115 cm³/mol. The Labute approximate surface area is 181 Å². The van der Waals surface area contributed by atoms with Crippen molar-refractivity contribution in [3.05, 3.63) is 76.0 Å². The van der Waals surface area contributed by atoms with Gasteiger partial charge in [-0.2, -0.15) is 0 Å². The Morgan fingerprint density at radius 3 is 2.53 bits per heavy atom. The fourth-order valence-electron chi connectivity index (χ4n) is 3.28. The molecule has 1 unspecified atom stereocenters. The standard InChI is InChI=1S/C23H25ClN2O4/c1-4-29-22(27)19-20(14(2)3)25-23(28)26-21(19)16-8-10-18(11-9-16)30-13-15-6-5-7-17(24)12-15/h5-12,14,21H,4,13H2,1-3H3,(H2,25,26,28). The molecule has 0 fully saturated rings. The molecule has 0 aliphatic carbocycles. The van der Waals surface area contributed by atoms with E-state index in [0.717, 1.165) is 11.1 Å². The number of benzene rings is 2. The summed E-state index contributed by atoms with van der Waals surface area (Å²) in [4.78, 5) is 24.8. The molecule has 0 bridgehead atoms. The number of esters is 1. The molecule has 3 rings (SSSR count). The van der Waals surface area contributed by atoms with Gasteiger partial charge in [0.25, 0.3) is 0 Å². The lowest BCUT2D eigenvalue weighted by atomic mass is 9.91. The van der Waals surface area contributed by atoms with Crippen LogP contribution >= 0.6 is 11.6 Å². The quantitative estimate of drug-likeness (QED) is 0.624. The Hall–Kier alpha value is -2.99. The van der Waals surface area contributed by atoms with Crippen molar-refractivity contribution >= 4 is 23.6 Å². The summed E-state index contributed by atoms with van der Waals surface area (Å²) >= 11 is 6.00. The Balaban J connectivity index is 1.82. The number of amides is 2. The van der Waals surface area contributed by atoms with Gasteiger partial charge in [-0.3, -0.25) is 0 Å². The minimum absolute atomic E-state index is 0.0433. The highest BCUT2D eigenvalue weighted by Crippen LogP contribution is 2.31. The van der Waals surface area contributed by atoms with Gasteiger partial charge in [0.05, 0.1) is 18.2 Å². The largest absolute Gasteiger partial charge is 0.489 e. The number of hydrogen-bond donors (Lipinski definition) is 2. The van der Waals surface area contributed by atoms with E-state index in [1.165, 1.54) is 0 Å². The highest BCUT2D eigenvalue weighted by Gasteiger charge is 2.34. The summed E-state index contributed by atoms with van der Waals surface area (Å²) in [5.74, 6) is 0.183. The smallest absolute Gasteiger partial charge is 0.338 e. The Morgan fingerprint density at radius 2 is 1.90 bits per heavy atom. The molecule has 2 amide bonds. The molecule has 0 saturated heterocycles. The molecule has 0 saturated carbocycles. The molecule has 1 aliphatic heterocycles. The van der Waals surface area contributed by atoms with Crippen molar-refractivity contribution in [3.63, 3.8) is 0 Å². The van der Waals surface area contributed by atoms with Crippen molar-refractivity contribution in [1.82, 2.24) is 10.6 Å². The molecule has 0 spiro atoms. The molecular formula is C23H25ClN2O4. The highest BCUT2D eigenvalue weighted by molar-refractivity contribution is 6.30. The van der Waals surface area contributed by atoms with Crippen LogP contribution in [0.15, 0.2) is 59.8 Å². The number of rotatable bonds is 7. The van der Waals surface area contributed by atoms with Gasteiger partial charge in [0.2, 0.25) is 0 Å². The van der Waals surface area contributed by atoms with E-state index in [4.69, 9.17) is 21.1 Å². The minimum atomic E-state index is -0.600. The first kappa shape index (κ1) is 21.7. The molecule has 2 aromatic rings. The summed E-state index contributed by atoms with van der Waals surface area (Å²) in [5.41, 5.74) is 2.72. The van der Waals surface area contributed by atoms with Crippen LogP contribution in [0.3, 0.4) is 0 Å². The van der Waals surface area contributed by atoms with Crippen molar-refractivity contribution in [2.24, 2.45) is 5.92 Å². The molecule has 6 nitrogen and oxygen atoms in total. The average Bonchev–Trinajstić information content (AvgIpc) is 2.72. The zero-order chi connectivity index (χ0) is 21.7. The van der Waals surface area contributed by atoms with Gasteiger partial charge in [-0.1, -0.05) is 49.7 Å². The first-order valence-electron chi connectivity index (χ1n) is 9.85. The fraction of sp³-hybridized carbons (Fsp3) is 0.304. The lowest BCUT2D eigenvalue weighted by Crippen LogP contribution is -2.47. The Bertz CT molecular complexity index is 954. The van der Waals surface area contributed by atoms with Gasteiger partial charge < -0.3 is 20.1 Å². The first-order chi connectivity index (χ1) is 14.4. The summed E-state index contributed by atoms with van der Waals surface area (Å²) in [6.45, 7) is 6.23. The number of ether oxygens (including phenoxy) is 2. The minimum Gasteiger partial charge on any atom is -0.489 e. The molecule has 1 heterocycles. The van der Waals surface area contributed by atoms with Gasteiger partial charge in [-0.05, 0) is 48.2 Å². The Morgan fingerprint density at radius 1 is 1.17 bits per heavy atom. The number of nitrogens with one attached hydrogen (secondary N) is 2. The summed E-state index contributed by atoms with van der Waals surface area (Å²) < 4.78 is 11.1. The van der Waals surface area contributed by atoms with Crippen molar-refractivity contribution in [2.75, 3.05) is 6.61 Å². The van der Waals surface area contributed by atoms with E-state index in [1.54, 1.807) is 6.92 Å². The lowest BCUT2D eigenvalue weighted by Gasteiger charge is -2.31. The van der Waals surface area contributed by atoms with Crippen molar-refractivity contribution in [3.8, 4) is 5.75 Å². The summed E-state index contributed by atoms with van der Waals surface area (Å²) in [7, 11) is 0. The van der Waals surface area contributed by atoms with Gasteiger partial charge >= 0.3 is 12.0 Å². The third-order valence-electron chi connectivity index (χ3n) is 4.68. The SMILES string of the molecule is CCOC(=O)C1=C(C(C)C)NC(=O)NC1c1ccc(OCc2cccc(Cl)c2)cc1. The maximum atomic E-state index is 12.7. The van der Waals surface area contributed by atoms with Crippen LogP contribution in [0.1, 0.15) is 37.9 Å². The normalized spacial score (nSPS) is 16.2. The molecule has 1 atom stereocenters. The number of hydrogen-bond acceptors (Lipinski definition) is 4. The summed E-state index contributed by atoms with van der Waals surface area (Å²) in [6.07, 6.45) is 0. The first-order valence-corrected chi connectivity index (χ1v) is 10.2. The zero-order valence-electron chi connectivity index (χ0n) is 17.2. The van der Waals surface area contributed by atoms with Gasteiger partial charge in [0, 0.05) is 10.7 Å². The topological polar surface area (TPSA) is 76.7 Å². The molecule has 2 N–H and O–H groups in total. The van der Waals surface area contributed by atoms with Crippen LogP contribution < -0.4 is 15.4 Å². The highest BCUT2D eigenvalue weighted by atomic mass is 35.5. The van der Waals surface area contributed by atoms with E-state index in [-0.39, 0.29) is 18.6 Å². The molecule has 30 heavy (non-hydrogen) atoms. The van der Waals surface area contributed by atoms with Crippen LogP contribution in [0.4, 0.5) is 4.79 Å². The molecule has 1 aliphatic rings. The number of carbonyl (C=O) groups excluding carboxylic acids is 2. The average molecular weight is 429 g/mol. The molecule has 158 valence electrons. The van der Waals surface area contributed by atoms with E-state index in [9.17, 15) is 9.59 Å². The van der Waals surface area contributed by atoms with E-state index in [1.807, 2.05) is 62.4 Å².